The number of hydrogen-bond donors (Lipinski definition) is 1. The number of anilines is 1. The summed E-state index contributed by atoms with van der Waals surface area (Å²) in [6, 6.07) is 17.2. The van der Waals surface area contributed by atoms with Gasteiger partial charge in [0.15, 0.2) is 0 Å². The fourth-order valence-corrected chi connectivity index (χ4v) is 5.15. The number of benzene rings is 3. The molecule has 148 valence electrons. The highest BCUT2D eigenvalue weighted by Crippen LogP contribution is 2.42. The first kappa shape index (κ1) is 19.4. The van der Waals surface area contributed by atoms with Crippen molar-refractivity contribution in [1.82, 2.24) is 5.32 Å². The molecule has 29 heavy (non-hydrogen) atoms. The number of halogens is 2. The predicted molar refractivity (Wildman–Crippen MR) is 110 cm³/mol. The lowest BCUT2D eigenvalue weighted by Gasteiger charge is -2.31. The molecule has 0 atom stereocenters. The number of amides is 1. The normalized spacial score (nSPS) is 14.1. The molecule has 5 nitrogen and oxygen atoms in total. The van der Waals surface area contributed by atoms with Gasteiger partial charge in [-0.3, -0.25) is 9.10 Å². The molecule has 0 saturated carbocycles. The lowest BCUT2D eigenvalue weighted by atomic mass is 10.0. The third-order valence-electron chi connectivity index (χ3n) is 4.69. The van der Waals surface area contributed by atoms with Gasteiger partial charge in [-0.25, -0.2) is 12.8 Å². The first-order chi connectivity index (χ1) is 13.9. The summed E-state index contributed by atoms with van der Waals surface area (Å²) in [6.45, 7) is -0.265. The molecule has 0 spiro atoms. The molecule has 3 aromatic rings. The number of nitrogens with zero attached hydrogens (tertiary/aromatic N) is 1. The van der Waals surface area contributed by atoms with Crippen molar-refractivity contribution < 1.29 is 17.6 Å². The van der Waals surface area contributed by atoms with Crippen LogP contribution in [0.15, 0.2) is 71.6 Å². The largest absolute Gasteiger partial charge is 0.350 e. The molecule has 4 rings (SSSR count). The van der Waals surface area contributed by atoms with E-state index in [1.165, 1.54) is 24.3 Å². The second kappa shape index (κ2) is 7.50. The second-order valence-corrected chi connectivity index (χ2v) is 8.78. The molecule has 1 heterocycles. The van der Waals surface area contributed by atoms with Crippen molar-refractivity contribution in [1.29, 1.82) is 0 Å². The Kier molecular flexibility index (Phi) is 5.02. The summed E-state index contributed by atoms with van der Waals surface area (Å²) in [5.41, 5.74) is 1.82. The van der Waals surface area contributed by atoms with E-state index in [0.29, 0.717) is 16.1 Å². The van der Waals surface area contributed by atoms with Crippen LogP contribution in [0.2, 0.25) is 5.02 Å². The maximum absolute atomic E-state index is 13.9. The minimum absolute atomic E-state index is 0.0389. The van der Waals surface area contributed by atoms with Crippen LogP contribution in [-0.4, -0.2) is 20.9 Å². The van der Waals surface area contributed by atoms with Gasteiger partial charge in [-0.05, 0) is 35.9 Å². The maximum atomic E-state index is 13.9. The number of nitrogens with one attached hydrogen (secondary N) is 1. The van der Waals surface area contributed by atoms with Gasteiger partial charge in [-0.1, -0.05) is 48.0 Å². The van der Waals surface area contributed by atoms with Gasteiger partial charge in [-0.2, -0.15) is 0 Å². The standard InChI is InChI=1S/C21H16ClFN2O3S/c22-18-7-3-1-5-14(18)12-24-21(26)13-25-19-10-9-15(23)11-17(19)16-6-2-4-8-20(16)29(25,27)28/h1-11H,12-13H2,(H,24,26). The SMILES string of the molecule is O=C(CN1c2ccc(F)cc2-c2ccccc2S1(=O)=O)NCc1ccccc1Cl. The van der Waals surface area contributed by atoms with Crippen molar-refractivity contribution in [3.05, 3.63) is 83.1 Å². The minimum atomic E-state index is -3.97. The van der Waals surface area contributed by atoms with E-state index in [1.807, 2.05) is 0 Å². The van der Waals surface area contributed by atoms with Crippen LogP contribution in [0.1, 0.15) is 5.56 Å². The molecule has 1 aliphatic heterocycles. The van der Waals surface area contributed by atoms with Crippen LogP contribution in [0.4, 0.5) is 10.1 Å². The first-order valence-corrected chi connectivity index (χ1v) is 10.6. The molecule has 0 saturated heterocycles. The Balaban J connectivity index is 1.65. The third kappa shape index (κ3) is 3.59. The van der Waals surface area contributed by atoms with Crippen molar-refractivity contribution in [2.45, 2.75) is 11.4 Å². The monoisotopic (exact) mass is 430 g/mol. The lowest BCUT2D eigenvalue weighted by Crippen LogP contribution is -2.42. The van der Waals surface area contributed by atoms with E-state index in [2.05, 4.69) is 5.32 Å². The van der Waals surface area contributed by atoms with Gasteiger partial charge in [0.1, 0.15) is 12.4 Å². The molecule has 8 heteroatoms. The van der Waals surface area contributed by atoms with E-state index in [1.54, 1.807) is 42.5 Å². The van der Waals surface area contributed by atoms with Gasteiger partial charge >= 0.3 is 0 Å². The van der Waals surface area contributed by atoms with Gasteiger partial charge in [-0.15, -0.1) is 0 Å². The Hall–Kier alpha value is -2.90. The molecule has 3 aromatic carbocycles. The number of rotatable bonds is 4. The molecular weight excluding hydrogens is 415 g/mol. The Labute approximate surface area is 172 Å². The number of carbonyl (C=O) groups excluding carboxylic acids is 1. The smallest absolute Gasteiger partial charge is 0.265 e. The molecule has 1 aliphatic rings. The topological polar surface area (TPSA) is 66.5 Å². The van der Waals surface area contributed by atoms with Crippen molar-refractivity contribution in [3.8, 4) is 11.1 Å². The van der Waals surface area contributed by atoms with E-state index in [9.17, 15) is 17.6 Å². The van der Waals surface area contributed by atoms with Crippen LogP contribution in [0, 0.1) is 5.82 Å². The van der Waals surface area contributed by atoms with Crippen LogP contribution in [0.25, 0.3) is 11.1 Å². The van der Waals surface area contributed by atoms with Gasteiger partial charge in [0.25, 0.3) is 10.0 Å². The van der Waals surface area contributed by atoms with Gasteiger partial charge in [0, 0.05) is 22.7 Å². The summed E-state index contributed by atoms with van der Waals surface area (Å²) in [6.07, 6.45) is 0. The first-order valence-electron chi connectivity index (χ1n) is 8.80. The number of fused-ring (bicyclic) bond motifs is 3. The molecule has 0 fully saturated rings. The number of carbonyl (C=O) groups is 1. The lowest BCUT2D eigenvalue weighted by molar-refractivity contribution is -0.119. The summed E-state index contributed by atoms with van der Waals surface area (Å²) < 4.78 is 41.2. The van der Waals surface area contributed by atoms with Crippen LogP contribution < -0.4 is 9.62 Å². The Bertz CT molecular complexity index is 1210. The molecular formula is C21H16ClFN2O3S. The summed E-state index contributed by atoms with van der Waals surface area (Å²) in [7, 11) is -3.97. The van der Waals surface area contributed by atoms with Gasteiger partial charge < -0.3 is 5.32 Å². The second-order valence-electron chi connectivity index (χ2n) is 6.54. The summed E-state index contributed by atoms with van der Waals surface area (Å²) in [5, 5.41) is 3.19. The zero-order valence-electron chi connectivity index (χ0n) is 15.1. The molecule has 0 aliphatic carbocycles. The van der Waals surface area contributed by atoms with Gasteiger partial charge in [0.2, 0.25) is 5.91 Å². The summed E-state index contributed by atoms with van der Waals surface area (Å²) >= 11 is 6.09. The molecule has 0 radical (unpaired) electrons. The molecule has 0 bridgehead atoms. The van der Waals surface area contributed by atoms with Crippen LogP contribution in [0.3, 0.4) is 0 Å². The van der Waals surface area contributed by atoms with Crippen molar-refractivity contribution in [2.24, 2.45) is 0 Å². The molecule has 0 aromatic heterocycles. The van der Waals surface area contributed by atoms with Crippen LogP contribution >= 0.6 is 11.6 Å². The fraction of sp³-hybridized carbons (Fsp3) is 0.0952. The third-order valence-corrected chi connectivity index (χ3v) is 6.88. The van der Waals surface area contributed by atoms with Crippen molar-refractivity contribution in [2.75, 3.05) is 10.8 Å². The zero-order chi connectivity index (χ0) is 20.6. The van der Waals surface area contributed by atoms with Crippen LogP contribution in [-0.2, 0) is 21.4 Å². The van der Waals surface area contributed by atoms with Gasteiger partial charge in [0.05, 0.1) is 10.6 Å². The highest BCUT2D eigenvalue weighted by Gasteiger charge is 2.36. The number of sulfonamides is 1. The number of hydrogen-bond acceptors (Lipinski definition) is 3. The Morgan fingerprint density at radius 3 is 2.52 bits per heavy atom. The fourth-order valence-electron chi connectivity index (χ4n) is 3.30. The maximum Gasteiger partial charge on any atom is 0.265 e. The quantitative estimate of drug-likeness (QED) is 0.681. The van der Waals surface area contributed by atoms with Crippen molar-refractivity contribution in [3.63, 3.8) is 0 Å². The Morgan fingerprint density at radius 2 is 1.72 bits per heavy atom. The van der Waals surface area contributed by atoms with E-state index < -0.39 is 28.3 Å². The Morgan fingerprint density at radius 1 is 1.00 bits per heavy atom. The van der Waals surface area contributed by atoms with E-state index in [4.69, 9.17) is 11.6 Å². The van der Waals surface area contributed by atoms with E-state index >= 15 is 0 Å². The summed E-state index contributed by atoms with van der Waals surface area (Å²) in [5.74, 6) is -0.982. The predicted octanol–water partition coefficient (Wildman–Crippen LogP) is 3.97. The highest BCUT2D eigenvalue weighted by molar-refractivity contribution is 7.93. The summed E-state index contributed by atoms with van der Waals surface area (Å²) in [4.78, 5) is 12.6. The van der Waals surface area contributed by atoms with Crippen LogP contribution in [0.5, 0.6) is 0 Å². The average molecular weight is 431 g/mol. The van der Waals surface area contributed by atoms with E-state index in [-0.39, 0.29) is 17.1 Å². The molecule has 1 N–H and O–H groups in total. The minimum Gasteiger partial charge on any atom is -0.350 e. The molecule has 0 unspecified atom stereocenters. The zero-order valence-corrected chi connectivity index (χ0v) is 16.7. The average Bonchev–Trinajstić information content (AvgIpc) is 2.71. The molecule has 1 amide bonds. The highest BCUT2D eigenvalue weighted by atomic mass is 35.5. The van der Waals surface area contributed by atoms with E-state index in [0.717, 1.165) is 9.87 Å². The van der Waals surface area contributed by atoms with Crippen molar-refractivity contribution >= 4 is 33.2 Å².